The van der Waals surface area contributed by atoms with Gasteiger partial charge in [0.05, 0.1) is 10.6 Å². The van der Waals surface area contributed by atoms with Gasteiger partial charge in [-0.15, -0.1) is 0 Å². The molecule has 1 nitrogen and oxygen atoms in total. The Labute approximate surface area is 95.2 Å². The summed E-state index contributed by atoms with van der Waals surface area (Å²) in [6.07, 6.45) is -3.25. The zero-order valence-corrected chi connectivity index (χ0v) is 8.90. The number of rotatable bonds is 1. The van der Waals surface area contributed by atoms with Gasteiger partial charge in [-0.3, -0.25) is 4.79 Å². The van der Waals surface area contributed by atoms with E-state index < -0.39 is 11.7 Å². The molecule has 86 valence electrons. The van der Waals surface area contributed by atoms with Crippen molar-refractivity contribution >= 4 is 17.4 Å². The minimum Gasteiger partial charge on any atom is -0.299 e. The molecule has 1 fully saturated rings. The molecule has 0 heterocycles. The number of ketones is 1. The van der Waals surface area contributed by atoms with Crippen molar-refractivity contribution in [3.05, 3.63) is 34.3 Å². The van der Waals surface area contributed by atoms with Gasteiger partial charge in [-0.05, 0) is 24.1 Å². The summed E-state index contributed by atoms with van der Waals surface area (Å²) in [5.74, 6) is -0.199. The Kier molecular flexibility index (Phi) is 2.70. The summed E-state index contributed by atoms with van der Waals surface area (Å²) in [6, 6.07) is 3.51. The van der Waals surface area contributed by atoms with Gasteiger partial charge in [0.15, 0.2) is 0 Å². The highest BCUT2D eigenvalue weighted by Crippen LogP contribution is 2.39. The molecule has 0 aliphatic heterocycles. The average Bonchev–Trinajstić information content (AvgIpc) is 2.13. The van der Waals surface area contributed by atoms with Gasteiger partial charge >= 0.3 is 6.18 Å². The molecular weight excluding hydrogens is 241 g/mol. The second-order valence-corrected chi connectivity index (χ2v) is 4.20. The van der Waals surface area contributed by atoms with Crippen LogP contribution in [0.3, 0.4) is 0 Å². The smallest absolute Gasteiger partial charge is 0.299 e. The quantitative estimate of drug-likeness (QED) is 0.739. The minimum atomic E-state index is -4.45. The molecular formula is C11H8ClF3O. The normalized spacial score (nSPS) is 20.8. The molecule has 1 aliphatic rings. The van der Waals surface area contributed by atoms with Crippen LogP contribution in [0.4, 0.5) is 13.2 Å². The van der Waals surface area contributed by atoms with Crippen molar-refractivity contribution in [3.63, 3.8) is 0 Å². The van der Waals surface area contributed by atoms with Crippen molar-refractivity contribution in [1.82, 2.24) is 0 Å². The Hall–Kier alpha value is -1.03. The molecule has 1 unspecified atom stereocenters. The van der Waals surface area contributed by atoms with E-state index in [0.717, 1.165) is 6.07 Å². The number of halogens is 4. The van der Waals surface area contributed by atoms with Gasteiger partial charge in [0.1, 0.15) is 5.78 Å². The summed E-state index contributed by atoms with van der Waals surface area (Å²) >= 11 is 5.56. The average molecular weight is 249 g/mol. The zero-order chi connectivity index (χ0) is 11.9. The predicted molar refractivity (Wildman–Crippen MR) is 53.4 cm³/mol. The molecule has 1 aromatic rings. The number of carbonyl (C=O) groups excluding carboxylic acids is 1. The highest BCUT2D eigenvalue weighted by Gasteiger charge is 2.35. The van der Waals surface area contributed by atoms with Crippen LogP contribution >= 0.6 is 11.6 Å². The Balaban J connectivity index is 2.33. The maximum Gasteiger partial charge on any atom is 0.417 e. The third-order valence-corrected chi connectivity index (χ3v) is 3.08. The fraction of sp³-hybridized carbons (Fsp3) is 0.364. The molecule has 1 aliphatic carbocycles. The molecule has 0 spiro atoms. The first kappa shape index (κ1) is 11.5. The fourth-order valence-electron chi connectivity index (χ4n) is 1.74. The second kappa shape index (κ2) is 3.77. The number of hydrogen-bond donors (Lipinski definition) is 0. The summed E-state index contributed by atoms with van der Waals surface area (Å²) in [4.78, 5) is 11.2. The molecule has 0 bridgehead atoms. The van der Waals surface area contributed by atoms with Crippen LogP contribution in [0.15, 0.2) is 18.2 Å². The standard InChI is InChI=1S/C11H8ClF3O/c12-9-5-6(7-2-4-10(7)16)1-3-8(9)11(13,14)15/h1,3,5,7H,2,4H2. The molecule has 0 radical (unpaired) electrons. The maximum absolute atomic E-state index is 12.4. The lowest BCUT2D eigenvalue weighted by atomic mass is 9.78. The topological polar surface area (TPSA) is 17.1 Å². The van der Waals surface area contributed by atoms with Crippen LogP contribution in [0.5, 0.6) is 0 Å². The lowest BCUT2D eigenvalue weighted by molar-refractivity contribution is -0.137. The van der Waals surface area contributed by atoms with Crippen molar-refractivity contribution in [2.75, 3.05) is 0 Å². The molecule has 0 saturated heterocycles. The summed E-state index contributed by atoms with van der Waals surface area (Å²) in [5, 5.41) is -0.343. The van der Waals surface area contributed by atoms with Crippen molar-refractivity contribution in [2.24, 2.45) is 0 Å². The summed E-state index contributed by atoms with van der Waals surface area (Å²) < 4.78 is 37.2. The Morgan fingerprint density at radius 3 is 2.38 bits per heavy atom. The van der Waals surface area contributed by atoms with Gasteiger partial charge < -0.3 is 0 Å². The highest BCUT2D eigenvalue weighted by atomic mass is 35.5. The van der Waals surface area contributed by atoms with Gasteiger partial charge in [0.2, 0.25) is 0 Å². The fourth-order valence-corrected chi connectivity index (χ4v) is 2.03. The first-order valence-electron chi connectivity index (χ1n) is 4.79. The van der Waals surface area contributed by atoms with E-state index in [1.165, 1.54) is 12.1 Å². The first-order chi connectivity index (χ1) is 7.39. The van der Waals surface area contributed by atoms with Gasteiger partial charge in [-0.1, -0.05) is 17.7 Å². The summed E-state index contributed by atoms with van der Waals surface area (Å²) in [5.41, 5.74) is -0.279. The van der Waals surface area contributed by atoms with Gasteiger partial charge in [0.25, 0.3) is 0 Å². The first-order valence-corrected chi connectivity index (χ1v) is 5.17. The molecule has 16 heavy (non-hydrogen) atoms. The monoisotopic (exact) mass is 248 g/mol. The number of hydrogen-bond acceptors (Lipinski definition) is 1. The highest BCUT2D eigenvalue weighted by molar-refractivity contribution is 6.31. The maximum atomic E-state index is 12.4. The van der Waals surface area contributed by atoms with Gasteiger partial charge in [-0.25, -0.2) is 0 Å². The van der Waals surface area contributed by atoms with E-state index in [1.807, 2.05) is 0 Å². The number of alkyl halides is 3. The number of benzene rings is 1. The molecule has 0 amide bonds. The Morgan fingerprint density at radius 2 is 2.00 bits per heavy atom. The van der Waals surface area contributed by atoms with Gasteiger partial charge in [0, 0.05) is 12.3 Å². The summed E-state index contributed by atoms with van der Waals surface area (Å²) in [6.45, 7) is 0. The Morgan fingerprint density at radius 1 is 1.31 bits per heavy atom. The SMILES string of the molecule is O=C1CCC1c1ccc(C(F)(F)F)c(Cl)c1. The van der Waals surface area contributed by atoms with E-state index in [1.54, 1.807) is 0 Å². The Bertz CT molecular complexity index is 439. The lowest BCUT2D eigenvalue weighted by Crippen LogP contribution is -2.23. The van der Waals surface area contributed by atoms with Crippen molar-refractivity contribution in [2.45, 2.75) is 24.9 Å². The molecule has 1 atom stereocenters. The van der Waals surface area contributed by atoms with Crippen molar-refractivity contribution in [3.8, 4) is 0 Å². The van der Waals surface area contributed by atoms with Crippen molar-refractivity contribution < 1.29 is 18.0 Å². The van der Waals surface area contributed by atoms with Crippen LogP contribution in [-0.4, -0.2) is 5.78 Å². The van der Waals surface area contributed by atoms with E-state index in [4.69, 9.17) is 11.6 Å². The molecule has 0 aromatic heterocycles. The zero-order valence-electron chi connectivity index (χ0n) is 8.14. The molecule has 2 rings (SSSR count). The van der Waals surface area contributed by atoms with E-state index in [9.17, 15) is 18.0 Å². The molecule has 0 N–H and O–H groups in total. The van der Waals surface area contributed by atoms with Crippen LogP contribution < -0.4 is 0 Å². The van der Waals surface area contributed by atoms with E-state index >= 15 is 0 Å². The third kappa shape index (κ3) is 1.94. The number of carbonyl (C=O) groups is 1. The van der Waals surface area contributed by atoms with E-state index in [2.05, 4.69) is 0 Å². The lowest BCUT2D eigenvalue weighted by Gasteiger charge is -2.24. The second-order valence-electron chi connectivity index (χ2n) is 3.79. The summed E-state index contributed by atoms with van der Waals surface area (Å²) in [7, 11) is 0. The molecule has 5 heteroatoms. The van der Waals surface area contributed by atoms with E-state index in [-0.39, 0.29) is 16.7 Å². The van der Waals surface area contributed by atoms with Crippen LogP contribution in [0.25, 0.3) is 0 Å². The van der Waals surface area contributed by atoms with Crippen LogP contribution in [-0.2, 0) is 11.0 Å². The number of Topliss-reactive ketones (excluding diaryl/α,β-unsaturated/α-hetero) is 1. The van der Waals surface area contributed by atoms with Crippen LogP contribution in [0.2, 0.25) is 5.02 Å². The van der Waals surface area contributed by atoms with Gasteiger partial charge in [-0.2, -0.15) is 13.2 Å². The van der Waals surface area contributed by atoms with Crippen molar-refractivity contribution in [1.29, 1.82) is 0 Å². The largest absolute Gasteiger partial charge is 0.417 e. The van der Waals surface area contributed by atoms with Crippen LogP contribution in [0, 0.1) is 0 Å². The molecule has 1 aromatic carbocycles. The molecule has 1 saturated carbocycles. The van der Waals surface area contributed by atoms with Crippen LogP contribution in [0.1, 0.15) is 29.9 Å². The predicted octanol–water partition coefficient (Wildman–Crippen LogP) is 3.81. The van der Waals surface area contributed by atoms with E-state index in [0.29, 0.717) is 18.4 Å². The minimum absolute atomic E-state index is 0.0656. The third-order valence-electron chi connectivity index (χ3n) is 2.77.